The Morgan fingerprint density at radius 3 is 2.35 bits per heavy atom. The van der Waals surface area contributed by atoms with E-state index in [4.69, 9.17) is 9.47 Å². The molecular formula is C14H17BrO5. The summed E-state index contributed by atoms with van der Waals surface area (Å²) < 4.78 is 15.6. The number of benzene rings is 1. The zero-order chi connectivity index (χ0) is 15.1. The summed E-state index contributed by atoms with van der Waals surface area (Å²) in [5, 5.41) is 0. The van der Waals surface area contributed by atoms with Crippen molar-refractivity contribution in [3.05, 3.63) is 22.2 Å². The van der Waals surface area contributed by atoms with Gasteiger partial charge >= 0.3 is 5.97 Å². The number of ketones is 1. The summed E-state index contributed by atoms with van der Waals surface area (Å²) in [6, 6.07) is 3.54. The lowest BCUT2D eigenvalue weighted by Crippen LogP contribution is -2.09. The summed E-state index contributed by atoms with van der Waals surface area (Å²) in [4.78, 5) is 22.9. The standard InChI is InChI=1S/C14H17BrO5/c1-18-11-6-4-9(14(20-3)13(11)15)8-10(16)5-7-12(17)19-2/h4,6H,5,7-8H2,1-3H3. The van der Waals surface area contributed by atoms with Crippen LogP contribution in [0.4, 0.5) is 0 Å². The summed E-state index contributed by atoms with van der Waals surface area (Å²) in [6.45, 7) is 0. The Morgan fingerprint density at radius 2 is 1.80 bits per heavy atom. The van der Waals surface area contributed by atoms with Crippen LogP contribution in [0.25, 0.3) is 0 Å². The maximum atomic E-state index is 11.9. The number of Topliss-reactive ketones (excluding diaryl/α,β-unsaturated/α-hetero) is 1. The third-order valence-corrected chi connectivity index (χ3v) is 3.54. The molecule has 0 aliphatic rings. The lowest BCUT2D eigenvalue weighted by Gasteiger charge is -2.12. The number of ether oxygens (including phenoxy) is 3. The zero-order valence-electron chi connectivity index (χ0n) is 11.7. The van der Waals surface area contributed by atoms with Crippen molar-refractivity contribution in [3.8, 4) is 11.5 Å². The molecule has 0 spiro atoms. The maximum Gasteiger partial charge on any atom is 0.305 e. The summed E-state index contributed by atoms with van der Waals surface area (Å²) in [7, 11) is 4.39. The second-order valence-corrected chi connectivity index (χ2v) is 4.86. The van der Waals surface area contributed by atoms with Crippen molar-refractivity contribution < 1.29 is 23.8 Å². The van der Waals surface area contributed by atoms with Crippen molar-refractivity contribution in [1.29, 1.82) is 0 Å². The van der Waals surface area contributed by atoms with Crippen molar-refractivity contribution in [2.24, 2.45) is 0 Å². The van der Waals surface area contributed by atoms with Crippen LogP contribution in [0.5, 0.6) is 11.5 Å². The minimum absolute atomic E-state index is 0.0502. The van der Waals surface area contributed by atoms with Gasteiger partial charge in [-0.05, 0) is 22.0 Å². The molecular weight excluding hydrogens is 328 g/mol. The molecule has 0 fully saturated rings. The quantitative estimate of drug-likeness (QED) is 0.711. The molecule has 0 unspecified atom stereocenters. The topological polar surface area (TPSA) is 61.8 Å². The van der Waals surface area contributed by atoms with Gasteiger partial charge in [-0.3, -0.25) is 9.59 Å². The zero-order valence-corrected chi connectivity index (χ0v) is 13.3. The molecule has 20 heavy (non-hydrogen) atoms. The van der Waals surface area contributed by atoms with E-state index in [1.165, 1.54) is 14.2 Å². The van der Waals surface area contributed by atoms with Crippen molar-refractivity contribution >= 4 is 27.7 Å². The number of esters is 1. The number of halogens is 1. The van der Waals surface area contributed by atoms with E-state index in [9.17, 15) is 9.59 Å². The second-order valence-electron chi connectivity index (χ2n) is 4.07. The van der Waals surface area contributed by atoms with Crippen LogP contribution in [0.3, 0.4) is 0 Å². The van der Waals surface area contributed by atoms with Crippen LogP contribution in [-0.4, -0.2) is 33.1 Å². The predicted octanol–water partition coefficient (Wildman–Crippen LogP) is 2.53. The summed E-state index contributed by atoms with van der Waals surface area (Å²) >= 11 is 3.38. The van der Waals surface area contributed by atoms with Gasteiger partial charge in [-0.1, -0.05) is 6.07 Å². The Morgan fingerprint density at radius 1 is 1.10 bits per heavy atom. The highest BCUT2D eigenvalue weighted by molar-refractivity contribution is 9.10. The summed E-state index contributed by atoms with van der Waals surface area (Å²) in [6.07, 6.45) is 0.442. The number of hydrogen-bond donors (Lipinski definition) is 0. The molecule has 1 aromatic carbocycles. The fourth-order valence-electron chi connectivity index (χ4n) is 1.74. The van der Waals surface area contributed by atoms with Crippen molar-refractivity contribution in [1.82, 2.24) is 0 Å². The molecule has 0 N–H and O–H groups in total. The van der Waals surface area contributed by atoms with Crippen LogP contribution in [0.2, 0.25) is 0 Å². The van der Waals surface area contributed by atoms with Gasteiger partial charge < -0.3 is 14.2 Å². The highest BCUT2D eigenvalue weighted by Gasteiger charge is 2.16. The molecule has 6 heteroatoms. The van der Waals surface area contributed by atoms with E-state index in [1.807, 2.05) is 0 Å². The average molecular weight is 345 g/mol. The van der Waals surface area contributed by atoms with E-state index in [2.05, 4.69) is 20.7 Å². The van der Waals surface area contributed by atoms with Gasteiger partial charge in [-0.25, -0.2) is 0 Å². The van der Waals surface area contributed by atoms with Gasteiger partial charge in [0.2, 0.25) is 0 Å². The molecule has 0 bridgehead atoms. The highest BCUT2D eigenvalue weighted by atomic mass is 79.9. The predicted molar refractivity (Wildman–Crippen MR) is 77.2 cm³/mol. The van der Waals surface area contributed by atoms with E-state index in [0.29, 0.717) is 16.0 Å². The van der Waals surface area contributed by atoms with Crippen LogP contribution in [0.1, 0.15) is 18.4 Å². The van der Waals surface area contributed by atoms with Crippen molar-refractivity contribution in [2.45, 2.75) is 19.3 Å². The lowest BCUT2D eigenvalue weighted by molar-refractivity contribution is -0.141. The smallest absolute Gasteiger partial charge is 0.305 e. The largest absolute Gasteiger partial charge is 0.495 e. The van der Waals surface area contributed by atoms with Crippen molar-refractivity contribution in [3.63, 3.8) is 0 Å². The fraction of sp³-hybridized carbons (Fsp3) is 0.429. The monoisotopic (exact) mass is 344 g/mol. The van der Waals surface area contributed by atoms with E-state index in [1.54, 1.807) is 19.2 Å². The van der Waals surface area contributed by atoms with Gasteiger partial charge in [-0.15, -0.1) is 0 Å². The Hall–Kier alpha value is -1.56. The van der Waals surface area contributed by atoms with E-state index in [0.717, 1.165) is 5.56 Å². The SMILES string of the molecule is COC(=O)CCC(=O)Cc1ccc(OC)c(Br)c1OC. The highest BCUT2D eigenvalue weighted by Crippen LogP contribution is 2.37. The van der Waals surface area contributed by atoms with Crippen LogP contribution in [0, 0.1) is 0 Å². The van der Waals surface area contributed by atoms with Crippen LogP contribution < -0.4 is 9.47 Å². The lowest BCUT2D eigenvalue weighted by atomic mass is 10.0. The molecule has 1 aromatic rings. The van der Waals surface area contributed by atoms with Gasteiger partial charge in [0.1, 0.15) is 21.8 Å². The Kier molecular flexibility index (Phi) is 6.51. The third kappa shape index (κ3) is 4.23. The number of hydrogen-bond acceptors (Lipinski definition) is 5. The molecule has 1 rings (SSSR count). The first-order valence-corrected chi connectivity index (χ1v) is 6.80. The van der Waals surface area contributed by atoms with Gasteiger partial charge in [0.25, 0.3) is 0 Å². The number of carbonyl (C=O) groups is 2. The number of carbonyl (C=O) groups excluding carboxylic acids is 2. The molecule has 5 nitrogen and oxygen atoms in total. The normalized spacial score (nSPS) is 10.0. The average Bonchev–Trinajstić information content (AvgIpc) is 2.45. The number of rotatable bonds is 7. The second kappa shape index (κ2) is 7.89. The molecule has 110 valence electrons. The van der Waals surface area contributed by atoms with E-state index >= 15 is 0 Å². The summed E-state index contributed by atoms with van der Waals surface area (Å²) in [5.41, 5.74) is 0.745. The first-order valence-electron chi connectivity index (χ1n) is 6.01. The van der Waals surface area contributed by atoms with E-state index in [-0.39, 0.29) is 31.0 Å². The van der Waals surface area contributed by atoms with Gasteiger partial charge in [0.15, 0.2) is 0 Å². The van der Waals surface area contributed by atoms with Gasteiger partial charge in [-0.2, -0.15) is 0 Å². The molecule has 0 saturated heterocycles. The Labute approximate surface area is 126 Å². The molecule has 0 aromatic heterocycles. The Bertz CT molecular complexity index is 499. The molecule has 0 atom stereocenters. The third-order valence-electron chi connectivity index (χ3n) is 2.79. The minimum atomic E-state index is -0.388. The molecule has 0 saturated carbocycles. The first-order chi connectivity index (χ1) is 9.53. The number of methoxy groups -OCH3 is 3. The van der Waals surface area contributed by atoms with Gasteiger partial charge in [0, 0.05) is 18.4 Å². The summed E-state index contributed by atoms with van der Waals surface area (Å²) in [5.74, 6) is 0.760. The van der Waals surface area contributed by atoms with Crippen LogP contribution in [0.15, 0.2) is 16.6 Å². The van der Waals surface area contributed by atoms with Crippen molar-refractivity contribution in [2.75, 3.05) is 21.3 Å². The molecule has 0 amide bonds. The van der Waals surface area contributed by atoms with Gasteiger partial charge in [0.05, 0.1) is 27.8 Å². The van der Waals surface area contributed by atoms with Crippen LogP contribution in [-0.2, 0) is 20.7 Å². The maximum absolute atomic E-state index is 11.9. The molecule has 0 aliphatic carbocycles. The molecule has 0 radical (unpaired) electrons. The van der Waals surface area contributed by atoms with Crippen LogP contribution >= 0.6 is 15.9 Å². The minimum Gasteiger partial charge on any atom is -0.495 e. The molecule has 0 heterocycles. The van der Waals surface area contributed by atoms with E-state index < -0.39 is 0 Å². The molecule has 0 aliphatic heterocycles. The first kappa shape index (κ1) is 16.5. The Balaban J connectivity index is 2.79. The fourth-order valence-corrected chi connectivity index (χ4v) is 2.45.